The fourth-order valence-electron chi connectivity index (χ4n) is 1.53. The number of hydrogen-bond donors (Lipinski definition) is 4. The molecule has 8 heteroatoms. The number of amides is 2. The second kappa shape index (κ2) is 9.98. The number of carboxylic acid groups (broad SMARTS) is 2. The molecule has 21 heavy (non-hydrogen) atoms. The minimum atomic E-state index is -1.42. The molecule has 0 aliphatic rings. The van der Waals surface area contributed by atoms with Gasteiger partial charge in [0, 0.05) is 12.6 Å². The lowest BCUT2D eigenvalue weighted by molar-refractivity contribution is -0.145. The molecule has 122 valence electrons. The molecule has 0 rings (SSSR count). The van der Waals surface area contributed by atoms with Crippen molar-refractivity contribution in [3.8, 4) is 0 Å². The third-order valence-electron chi connectivity index (χ3n) is 3.09. The third kappa shape index (κ3) is 9.67. The van der Waals surface area contributed by atoms with Gasteiger partial charge in [0.1, 0.15) is 6.04 Å². The van der Waals surface area contributed by atoms with Gasteiger partial charge < -0.3 is 25.7 Å². The predicted octanol–water partition coefficient (Wildman–Crippen LogP) is 0.334. The standard InChI is InChI=1S/C13H25N3O5/c1-9(2)16(3)7-5-4-6-14-13(21)15-10(12(19)20)8-11(17)18/h9-10H,4-8H2,1-3H3,(H,17,18)(H,19,20)(H2,14,15,21)/t10-/m1/s1. The smallest absolute Gasteiger partial charge is 0.326 e. The van der Waals surface area contributed by atoms with Crippen LogP contribution in [0, 0.1) is 0 Å². The topological polar surface area (TPSA) is 119 Å². The fourth-order valence-corrected chi connectivity index (χ4v) is 1.53. The Kier molecular flexibility index (Phi) is 9.11. The molecule has 0 radical (unpaired) electrons. The van der Waals surface area contributed by atoms with E-state index in [-0.39, 0.29) is 0 Å². The number of carboxylic acids is 2. The maximum Gasteiger partial charge on any atom is 0.326 e. The van der Waals surface area contributed by atoms with E-state index < -0.39 is 30.4 Å². The van der Waals surface area contributed by atoms with Crippen molar-refractivity contribution in [2.75, 3.05) is 20.1 Å². The van der Waals surface area contributed by atoms with Gasteiger partial charge in [-0.15, -0.1) is 0 Å². The lowest BCUT2D eigenvalue weighted by Gasteiger charge is -2.20. The summed E-state index contributed by atoms with van der Waals surface area (Å²) >= 11 is 0. The molecular weight excluding hydrogens is 278 g/mol. The highest BCUT2D eigenvalue weighted by Crippen LogP contribution is 1.97. The SMILES string of the molecule is CC(C)N(C)CCCCNC(=O)N[C@H](CC(=O)O)C(=O)O. The van der Waals surface area contributed by atoms with Crippen molar-refractivity contribution in [1.82, 2.24) is 15.5 Å². The molecule has 0 spiro atoms. The van der Waals surface area contributed by atoms with Gasteiger partial charge in [0.25, 0.3) is 0 Å². The van der Waals surface area contributed by atoms with Crippen molar-refractivity contribution in [2.45, 2.75) is 45.2 Å². The molecule has 0 aromatic heterocycles. The summed E-state index contributed by atoms with van der Waals surface area (Å²) in [5, 5.41) is 22.0. The lowest BCUT2D eigenvalue weighted by Crippen LogP contribution is -2.47. The normalized spacial score (nSPS) is 12.2. The van der Waals surface area contributed by atoms with E-state index in [1.165, 1.54) is 0 Å². The van der Waals surface area contributed by atoms with Gasteiger partial charge in [-0.05, 0) is 40.3 Å². The summed E-state index contributed by atoms with van der Waals surface area (Å²) in [4.78, 5) is 34.9. The maximum absolute atomic E-state index is 11.5. The van der Waals surface area contributed by atoms with Gasteiger partial charge in [-0.2, -0.15) is 0 Å². The first kappa shape index (κ1) is 19.2. The molecule has 4 N–H and O–H groups in total. The van der Waals surface area contributed by atoms with Crippen molar-refractivity contribution in [1.29, 1.82) is 0 Å². The molecule has 0 aliphatic carbocycles. The summed E-state index contributed by atoms with van der Waals surface area (Å²) in [5.41, 5.74) is 0. The van der Waals surface area contributed by atoms with Gasteiger partial charge in [0.15, 0.2) is 0 Å². The van der Waals surface area contributed by atoms with Gasteiger partial charge in [-0.1, -0.05) is 0 Å². The molecule has 0 heterocycles. The second-order valence-corrected chi connectivity index (χ2v) is 5.17. The minimum absolute atomic E-state index is 0.414. The Bertz CT molecular complexity index is 360. The van der Waals surface area contributed by atoms with Gasteiger partial charge in [-0.3, -0.25) is 4.79 Å². The molecule has 0 aromatic carbocycles. The van der Waals surface area contributed by atoms with Crippen LogP contribution in [0.5, 0.6) is 0 Å². The molecule has 0 saturated carbocycles. The van der Waals surface area contributed by atoms with Crippen molar-refractivity contribution in [3.05, 3.63) is 0 Å². The van der Waals surface area contributed by atoms with Crippen LogP contribution in [-0.4, -0.2) is 65.3 Å². The average Bonchev–Trinajstić information content (AvgIpc) is 2.36. The van der Waals surface area contributed by atoms with Crippen LogP contribution in [0.1, 0.15) is 33.1 Å². The van der Waals surface area contributed by atoms with Crippen molar-refractivity contribution >= 4 is 18.0 Å². The number of nitrogens with one attached hydrogen (secondary N) is 2. The molecule has 1 atom stereocenters. The highest BCUT2D eigenvalue weighted by molar-refractivity contribution is 5.86. The average molecular weight is 303 g/mol. The molecule has 0 aromatic rings. The first-order chi connectivity index (χ1) is 9.73. The molecule has 0 aliphatic heterocycles. The third-order valence-corrected chi connectivity index (χ3v) is 3.09. The Morgan fingerprint density at radius 2 is 1.76 bits per heavy atom. The van der Waals surface area contributed by atoms with Gasteiger partial charge in [-0.25, -0.2) is 9.59 Å². The predicted molar refractivity (Wildman–Crippen MR) is 77.2 cm³/mol. The summed E-state index contributed by atoms with van der Waals surface area (Å²) in [6, 6.07) is -1.62. The second-order valence-electron chi connectivity index (χ2n) is 5.17. The van der Waals surface area contributed by atoms with Crippen molar-refractivity contribution in [3.63, 3.8) is 0 Å². The fraction of sp³-hybridized carbons (Fsp3) is 0.769. The molecular formula is C13H25N3O5. The van der Waals surface area contributed by atoms with Gasteiger partial charge in [0.2, 0.25) is 0 Å². The number of aliphatic carboxylic acids is 2. The maximum atomic E-state index is 11.5. The Balaban J connectivity index is 3.88. The van der Waals surface area contributed by atoms with Crippen LogP contribution in [0.3, 0.4) is 0 Å². The van der Waals surface area contributed by atoms with E-state index in [0.717, 1.165) is 19.4 Å². The number of carbonyl (C=O) groups excluding carboxylic acids is 1. The molecule has 0 bridgehead atoms. The number of urea groups is 1. The zero-order valence-corrected chi connectivity index (χ0v) is 12.8. The summed E-state index contributed by atoms with van der Waals surface area (Å²) in [6.07, 6.45) is 1.02. The van der Waals surface area contributed by atoms with E-state index in [0.29, 0.717) is 12.6 Å². The quantitative estimate of drug-likeness (QED) is 0.432. The van der Waals surface area contributed by atoms with Crippen LogP contribution in [0.15, 0.2) is 0 Å². The van der Waals surface area contributed by atoms with E-state index in [1.807, 2.05) is 7.05 Å². The van der Waals surface area contributed by atoms with Crippen LogP contribution < -0.4 is 10.6 Å². The Labute approximate surface area is 124 Å². The minimum Gasteiger partial charge on any atom is -0.481 e. The van der Waals surface area contributed by atoms with Crippen molar-refractivity contribution in [2.24, 2.45) is 0 Å². The van der Waals surface area contributed by atoms with Crippen LogP contribution >= 0.6 is 0 Å². The van der Waals surface area contributed by atoms with Crippen LogP contribution in [0.4, 0.5) is 4.79 Å². The van der Waals surface area contributed by atoms with Crippen molar-refractivity contribution < 1.29 is 24.6 Å². The van der Waals surface area contributed by atoms with E-state index in [2.05, 4.69) is 29.4 Å². The molecule has 2 amide bonds. The number of nitrogens with zero attached hydrogens (tertiary/aromatic N) is 1. The molecule has 0 fully saturated rings. The molecule has 0 saturated heterocycles. The van der Waals surface area contributed by atoms with E-state index >= 15 is 0 Å². The van der Waals surface area contributed by atoms with Crippen LogP contribution in [-0.2, 0) is 9.59 Å². The summed E-state index contributed by atoms with van der Waals surface area (Å²) in [6.45, 7) is 5.52. The lowest BCUT2D eigenvalue weighted by atomic mass is 10.2. The number of unbranched alkanes of at least 4 members (excludes halogenated alkanes) is 1. The van der Waals surface area contributed by atoms with E-state index in [4.69, 9.17) is 10.2 Å². The largest absolute Gasteiger partial charge is 0.481 e. The first-order valence-corrected chi connectivity index (χ1v) is 6.93. The zero-order valence-electron chi connectivity index (χ0n) is 12.8. The highest BCUT2D eigenvalue weighted by atomic mass is 16.4. The Morgan fingerprint density at radius 1 is 1.14 bits per heavy atom. The summed E-state index contributed by atoms with van der Waals surface area (Å²) in [7, 11) is 2.02. The van der Waals surface area contributed by atoms with Gasteiger partial charge in [0.05, 0.1) is 6.42 Å². The zero-order chi connectivity index (χ0) is 16.4. The number of hydrogen-bond acceptors (Lipinski definition) is 4. The number of rotatable bonds is 10. The number of carbonyl (C=O) groups is 3. The molecule has 8 nitrogen and oxygen atoms in total. The van der Waals surface area contributed by atoms with Crippen LogP contribution in [0.2, 0.25) is 0 Å². The monoisotopic (exact) mass is 303 g/mol. The molecule has 0 unspecified atom stereocenters. The van der Waals surface area contributed by atoms with E-state index in [9.17, 15) is 14.4 Å². The Morgan fingerprint density at radius 3 is 2.24 bits per heavy atom. The van der Waals surface area contributed by atoms with Gasteiger partial charge >= 0.3 is 18.0 Å². The highest BCUT2D eigenvalue weighted by Gasteiger charge is 2.22. The van der Waals surface area contributed by atoms with E-state index in [1.54, 1.807) is 0 Å². The first-order valence-electron chi connectivity index (χ1n) is 6.93. The summed E-state index contributed by atoms with van der Waals surface area (Å²) in [5.74, 6) is -2.65. The van der Waals surface area contributed by atoms with Crippen LogP contribution in [0.25, 0.3) is 0 Å². The Hall–Kier alpha value is -1.83. The summed E-state index contributed by atoms with van der Waals surface area (Å²) < 4.78 is 0.